The lowest BCUT2D eigenvalue weighted by atomic mass is 10.1. The third kappa shape index (κ3) is 2.27. The summed E-state index contributed by atoms with van der Waals surface area (Å²) in [6, 6.07) is 1.74. The lowest BCUT2D eigenvalue weighted by Gasteiger charge is -2.06. The van der Waals surface area contributed by atoms with Crippen molar-refractivity contribution in [2.24, 2.45) is 0 Å². The van der Waals surface area contributed by atoms with Gasteiger partial charge in [0.25, 0.3) is 5.91 Å². The summed E-state index contributed by atoms with van der Waals surface area (Å²) in [6.45, 7) is 8.71. The largest absolute Gasteiger partial charge is 0.347 e. The van der Waals surface area contributed by atoms with Crippen LogP contribution in [0, 0.1) is 0 Å². The van der Waals surface area contributed by atoms with E-state index in [1.165, 1.54) is 0 Å². The minimum Gasteiger partial charge on any atom is -0.347 e. The second kappa shape index (κ2) is 4.79. The molecule has 0 atom stereocenters. The van der Waals surface area contributed by atoms with Crippen LogP contribution in [-0.4, -0.2) is 15.7 Å². The number of aryl methyl sites for hydroxylation is 1. The highest BCUT2D eigenvalue weighted by molar-refractivity contribution is 5.94. The maximum absolute atomic E-state index is 11.2. The average Bonchev–Trinajstić information content (AvgIpc) is 2.70. The summed E-state index contributed by atoms with van der Waals surface area (Å²) in [5.74, 6) is -0.493. The third-order valence-electron chi connectivity index (χ3n) is 2.39. The maximum atomic E-state index is 11.2. The van der Waals surface area contributed by atoms with Crippen molar-refractivity contribution < 1.29 is 10.0 Å². The summed E-state index contributed by atoms with van der Waals surface area (Å²) in [4.78, 5) is 11.2. The van der Waals surface area contributed by atoms with Crippen LogP contribution in [0.15, 0.2) is 18.8 Å². The zero-order chi connectivity index (χ0) is 11.4. The molecule has 1 heterocycles. The first-order valence-corrected chi connectivity index (χ1v) is 4.96. The van der Waals surface area contributed by atoms with Crippen LogP contribution < -0.4 is 5.48 Å². The molecule has 4 nitrogen and oxygen atoms in total. The summed E-state index contributed by atoms with van der Waals surface area (Å²) in [7, 11) is 0. The highest BCUT2D eigenvalue weighted by atomic mass is 16.5. The van der Waals surface area contributed by atoms with Gasteiger partial charge in [-0.15, -0.1) is 0 Å². The molecule has 0 aliphatic rings. The van der Waals surface area contributed by atoms with Gasteiger partial charge in [0, 0.05) is 18.4 Å². The Morgan fingerprint density at radius 1 is 1.60 bits per heavy atom. The number of nitrogens with zero attached hydrogens (tertiary/aromatic N) is 1. The molecule has 0 aliphatic carbocycles. The fraction of sp³-hybridized carbons (Fsp3) is 0.364. The van der Waals surface area contributed by atoms with Gasteiger partial charge in [-0.25, -0.2) is 5.48 Å². The number of carbonyl (C=O) groups is 1. The van der Waals surface area contributed by atoms with Crippen molar-refractivity contribution in [2.45, 2.75) is 26.8 Å². The number of hydrogen-bond acceptors (Lipinski definition) is 2. The molecule has 0 aliphatic heterocycles. The standard InChI is InChI=1S/C11H16N2O2/c1-4-8(3)10-6-9(11(14)12-15)7-13(10)5-2/h6-7,15H,3-5H2,1-2H3,(H,12,14). The average molecular weight is 208 g/mol. The zero-order valence-corrected chi connectivity index (χ0v) is 9.08. The molecule has 2 N–H and O–H groups in total. The molecule has 0 spiro atoms. The van der Waals surface area contributed by atoms with E-state index in [0.717, 1.165) is 24.2 Å². The Bertz CT molecular complexity index is 380. The van der Waals surface area contributed by atoms with Gasteiger partial charge in [0.1, 0.15) is 0 Å². The first-order chi connectivity index (χ1) is 7.13. The van der Waals surface area contributed by atoms with Gasteiger partial charge < -0.3 is 4.57 Å². The molecule has 0 unspecified atom stereocenters. The Morgan fingerprint density at radius 2 is 2.27 bits per heavy atom. The number of hydroxylamine groups is 1. The normalized spacial score (nSPS) is 10.1. The molecule has 0 bridgehead atoms. The van der Waals surface area contributed by atoms with Crippen LogP contribution in [0.3, 0.4) is 0 Å². The summed E-state index contributed by atoms with van der Waals surface area (Å²) in [5.41, 5.74) is 3.99. The fourth-order valence-electron chi connectivity index (χ4n) is 1.44. The molecule has 0 fully saturated rings. The number of aromatic nitrogens is 1. The van der Waals surface area contributed by atoms with Crippen molar-refractivity contribution >= 4 is 11.5 Å². The van der Waals surface area contributed by atoms with Crippen molar-refractivity contribution in [3.63, 3.8) is 0 Å². The van der Waals surface area contributed by atoms with E-state index in [1.807, 2.05) is 18.4 Å². The highest BCUT2D eigenvalue weighted by Crippen LogP contribution is 2.19. The number of hydrogen-bond donors (Lipinski definition) is 2. The molecule has 0 saturated carbocycles. The molecule has 0 radical (unpaired) electrons. The molecule has 82 valence electrons. The van der Waals surface area contributed by atoms with E-state index >= 15 is 0 Å². The Balaban J connectivity index is 3.11. The van der Waals surface area contributed by atoms with Crippen molar-refractivity contribution in [1.29, 1.82) is 0 Å². The van der Waals surface area contributed by atoms with Crippen molar-refractivity contribution in [3.05, 3.63) is 30.1 Å². The molecule has 1 aromatic heterocycles. The Morgan fingerprint density at radius 3 is 2.73 bits per heavy atom. The third-order valence-corrected chi connectivity index (χ3v) is 2.39. The lowest BCUT2D eigenvalue weighted by Crippen LogP contribution is -2.17. The molecule has 0 saturated heterocycles. The van der Waals surface area contributed by atoms with Crippen LogP contribution >= 0.6 is 0 Å². The maximum Gasteiger partial charge on any atom is 0.276 e. The number of allylic oxidation sites excluding steroid dienone is 1. The fourth-order valence-corrected chi connectivity index (χ4v) is 1.44. The van der Waals surface area contributed by atoms with Crippen LogP contribution in [0.25, 0.3) is 5.57 Å². The highest BCUT2D eigenvalue weighted by Gasteiger charge is 2.11. The van der Waals surface area contributed by atoms with E-state index in [1.54, 1.807) is 17.7 Å². The Labute approximate surface area is 89.2 Å². The molecule has 1 rings (SSSR count). The number of carbonyl (C=O) groups excluding carboxylic acids is 1. The van der Waals surface area contributed by atoms with E-state index in [4.69, 9.17) is 5.21 Å². The lowest BCUT2D eigenvalue weighted by molar-refractivity contribution is 0.0706. The molecule has 1 amide bonds. The number of rotatable bonds is 4. The van der Waals surface area contributed by atoms with E-state index in [-0.39, 0.29) is 0 Å². The summed E-state index contributed by atoms with van der Waals surface area (Å²) in [5, 5.41) is 8.53. The quantitative estimate of drug-likeness (QED) is 0.587. The van der Waals surface area contributed by atoms with Crippen LogP contribution in [-0.2, 0) is 6.54 Å². The SMILES string of the molecule is C=C(CC)c1cc(C(=O)NO)cn1CC. The Hall–Kier alpha value is -1.55. The molecule has 4 heteroatoms. The molecule has 1 aromatic rings. The van der Waals surface area contributed by atoms with E-state index in [2.05, 4.69) is 6.58 Å². The first-order valence-electron chi connectivity index (χ1n) is 4.96. The van der Waals surface area contributed by atoms with Gasteiger partial charge in [-0.2, -0.15) is 0 Å². The van der Waals surface area contributed by atoms with E-state index in [0.29, 0.717) is 5.56 Å². The number of nitrogens with one attached hydrogen (secondary N) is 1. The minimum atomic E-state index is -0.493. The molecule has 15 heavy (non-hydrogen) atoms. The van der Waals surface area contributed by atoms with Gasteiger partial charge in [-0.05, 0) is 25.0 Å². The van der Waals surface area contributed by atoms with Crippen molar-refractivity contribution in [3.8, 4) is 0 Å². The van der Waals surface area contributed by atoms with Crippen molar-refractivity contribution in [2.75, 3.05) is 0 Å². The minimum absolute atomic E-state index is 0.448. The predicted octanol–water partition coefficient (Wildman–Crippen LogP) is 2.05. The first kappa shape index (κ1) is 11.5. The van der Waals surface area contributed by atoms with Crippen LogP contribution in [0.1, 0.15) is 36.3 Å². The smallest absolute Gasteiger partial charge is 0.276 e. The van der Waals surface area contributed by atoms with Gasteiger partial charge in [-0.1, -0.05) is 13.5 Å². The number of amides is 1. The second-order valence-corrected chi connectivity index (χ2v) is 3.30. The predicted molar refractivity (Wildman–Crippen MR) is 58.7 cm³/mol. The topological polar surface area (TPSA) is 54.3 Å². The van der Waals surface area contributed by atoms with Crippen LogP contribution in [0.5, 0.6) is 0 Å². The summed E-state index contributed by atoms with van der Waals surface area (Å²) >= 11 is 0. The summed E-state index contributed by atoms with van der Waals surface area (Å²) in [6.07, 6.45) is 2.55. The van der Waals surface area contributed by atoms with E-state index in [9.17, 15) is 4.79 Å². The van der Waals surface area contributed by atoms with Crippen molar-refractivity contribution in [1.82, 2.24) is 10.0 Å². The zero-order valence-electron chi connectivity index (χ0n) is 9.08. The van der Waals surface area contributed by atoms with Crippen LogP contribution in [0.4, 0.5) is 0 Å². The Kier molecular flexibility index (Phi) is 3.68. The van der Waals surface area contributed by atoms with E-state index < -0.39 is 5.91 Å². The molecular weight excluding hydrogens is 192 g/mol. The van der Waals surface area contributed by atoms with Crippen LogP contribution in [0.2, 0.25) is 0 Å². The molecule has 0 aromatic carbocycles. The van der Waals surface area contributed by atoms with Gasteiger partial charge in [0.15, 0.2) is 0 Å². The summed E-state index contributed by atoms with van der Waals surface area (Å²) < 4.78 is 1.94. The van der Waals surface area contributed by atoms with Gasteiger partial charge in [0.05, 0.1) is 5.56 Å². The van der Waals surface area contributed by atoms with Gasteiger partial charge >= 0.3 is 0 Å². The molecular formula is C11H16N2O2. The van der Waals surface area contributed by atoms with Gasteiger partial charge in [-0.3, -0.25) is 10.0 Å². The van der Waals surface area contributed by atoms with Gasteiger partial charge in [0.2, 0.25) is 0 Å². The monoisotopic (exact) mass is 208 g/mol. The second-order valence-electron chi connectivity index (χ2n) is 3.30.